The van der Waals surface area contributed by atoms with Gasteiger partial charge in [0, 0.05) is 0 Å². The highest BCUT2D eigenvalue weighted by molar-refractivity contribution is 6.30. The number of alkyl halides is 3. The van der Waals surface area contributed by atoms with E-state index in [0.717, 1.165) is 12.1 Å². The van der Waals surface area contributed by atoms with Crippen LogP contribution in [0.5, 0.6) is 0 Å². The summed E-state index contributed by atoms with van der Waals surface area (Å²) in [5.74, 6) is -0.539. The van der Waals surface area contributed by atoms with Gasteiger partial charge in [0.05, 0.1) is 16.6 Å². The smallest absolute Gasteiger partial charge is 0.309 e. The summed E-state index contributed by atoms with van der Waals surface area (Å²) in [6.07, 6.45) is -4.37. The lowest BCUT2D eigenvalue weighted by Gasteiger charge is -2.18. The van der Waals surface area contributed by atoms with Crippen molar-refractivity contribution in [3.63, 3.8) is 0 Å². The molecular weight excluding hydrogens is 306 g/mol. The van der Waals surface area contributed by atoms with Crippen LogP contribution in [0.15, 0.2) is 42.5 Å². The number of hydrogen-bond donors (Lipinski definition) is 1. The van der Waals surface area contributed by atoms with Gasteiger partial charge in [0.2, 0.25) is 0 Å². The summed E-state index contributed by atoms with van der Waals surface area (Å²) in [4.78, 5) is 0. The number of rotatable bonds is 3. The van der Waals surface area contributed by atoms with E-state index >= 15 is 0 Å². The van der Waals surface area contributed by atoms with E-state index in [-0.39, 0.29) is 11.1 Å². The predicted octanol–water partition coefficient (Wildman–Crippen LogP) is 4.81. The second-order valence-electron chi connectivity index (χ2n) is 4.52. The monoisotopic (exact) mass is 317 g/mol. The molecule has 0 saturated carbocycles. The lowest BCUT2D eigenvalue weighted by Crippen LogP contribution is -2.18. The van der Waals surface area contributed by atoms with Crippen LogP contribution < -0.4 is 5.32 Å². The zero-order chi connectivity index (χ0) is 15.6. The fraction of sp³-hybridized carbons (Fsp3) is 0.200. The van der Waals surface area contributed by atoms with Crippen molar-refractivity contribution in [3.05, 3.63) is 70.0 Å². The minimum atomic E-state index is -4.37. The molecule has 0 saturated heterocycles. The molecule has 0 radical (unpaired) electrons. The van der Waals surface area contributed by atoms with Crippen LogP contribution in [0, 0.1) is 5.82 Å². The van der Waals surface area contributed by atoms with Crippen molar-refractivity contribution in [2.45, 2.75) is 12.2 Å². The Labute approximate surface area is 124 Å². The Bertz CT molecular complexity index is 623. The Kier molecular flexibility index (Phi) is 4.54. The molecule has 0 aliphatic rings. The molecule has 2 rings (SSSR count). The van der Waals surface area contributed by atoms with Gasteiger partial charge in [0.15, 0.2) is 0 Å². The van der Waals surface area contributed by atoms with Crippen molar-refractivity contribution in [3.8, 4) is 0 Å². The molecule has 2 aromatic rings. The molecule has 0 aromatic heterocycles. The first kappa shape index (κ1) is 15.8. The summed E-state index contributed by atoms with van der Waals surface area (Å²) in [7, 11) is 1.67. The molecule has 1 unspecified atom stereocenters. The van der Waals surface area contributed by atoms with E-state index in [9.17, 15) is 17.6 Å². The topological polar surface area (TPSA) is 12.0 Å². The van der Waals surface area contributed by atoms with Crippen LogP contribution in [0.25, 0.3) is 0 Å². The summed E-state index contributed by atoms with van der Waals surface area (Å²) in [6, 6.07) is 8.67. The van der Waals surface area contributed by atoms with E-state index in [0.29, 0.717) is 11.1 Å². The Balaban J connectivity index is 2.35. The number of benzene rings is 2. The maximum Gasteiger partial charge on any atom is 0.416 e. The van der Waals surface area contributed by atoms with Crippen molar-refractivity contribution in [2.24, 2.45) is 0 Å². The van der Waals surface area contributed by atoms with Crippen molar-refractivity contribution >= 4 is 11.6 Å². The minimum absolute atomic E-state index is 0.0281. The molecule has 1 nitrogen and oxygen atoms in total. The third-order valence-corrected chi connectivity index (χ3v) is 3.43. The lowest BCUT2D eigenvalue weighted by atomic mass is 9.97. The predicted molar refractivity (Wildman–Crippen MR) is 73.8 cm³/mol. The van der Waals surface area contributed by atoms with Gasteiger partial charge >= 0.3 is 6.18 Å². The van der Waals surface area contributed by atoms with E-state index in [1.54, 1.807) is 13.1 Å². The maximum absolute atomic E-state index is 13.2. The van der Waals surface area contributed by atoms with Gasteiger partial charge in [-0.15, -0.1) is 0 Å². The van der Waals surface area contributed by atoms with Gasteiger partial charge in [0.25, 0.3) is 0 Å². The summed E-state index contributed by atoms with van der Waals surface area (Å²) in [5.41, 5.74) is 0.593. The highest BCUT2D eigenvalue weighted by Gasteiger charge is 2.30. The van der Waals surface area contributed by atoms with Crippen LogP contribution in [0.4, 0.5) is 17.6 Å². The second-order valence-corrected chi connectivity index (χ2v) is 4.92. The third-order valence-electron chi connectivity index (χ3n) is 3.14. The van der Waals surface area contributed by atoms with E-state index in [1.807, 2.05) is 0 Å². The molecule has 0 aliphatic carbocycles. The van der Waals surface area contributed by atoms with Crippen molar-refractivity contribution < 1.29 is 17.6 Å². The largest absolute Gasteiger partial charge is 0.416 e. The number of hydrogen-bond acceptors (Lipinski definition) is 1. The van der Waals surface area contributed by atoms with Gasteiger partial charge in [-0.2, -0.15) is 13.2 Å². The molecule has 1 atom stereocenters. The first-order chi connectivity index (χ1) is 9.82. The highest BCUT2D eigenvalue weighted by Crippen LogP contribution is 2.31. The van der Waals surface area contributed by atoms with Gasteiger partial charge in [-0.3, -0.25) is 0 Å². The van der Waals surface area contributed by atoms with Gasteiger partial charge in [0.1, 0.15) is 5.82 Å². The zero-order valence-electron chi connectivity index (χ0n) is 11.0. The molecule has 21 heavy (non-hydrogen) atoms. The summed E-state index contributed by atoms with van der Waals surface area (Å²) in [5, 5.41) is 2.95. The number of halogens is 5. The molecule has 0 heterocycles. The van der Waals surface area contributed by atoms with Gasteiger partial charge < -0.3 is 5.32 Å². The lowest BCUT2D eigenvalue weighted by molar-refractivity contribution is -0.137. The molecule has 0 bridgehead atoms. The third kappa shape index (κ3) is 3.54. The molecule has 0 fully saturated rings. The van der Waals surface area contributed by atoms with Crippen LogP contribution in [-0.2, 0) is 6.18 Å². The van der Waals surface area contributed by atoms with Gasteiger partial charge in [-0.05, 0) is 42.4 Å². The normalized spacial score (nSPS) is 13.2. The molecule has 0 aliphatic heterocycles. The first-order valence-electron chi connectivity index (χ1n) is 6.12. The van der Waals surface area contributed by atoms with Crippen LogP contribution in [0.1, 0.15) is 22.7 Å². The van der Waals surface area contributed by atoms with E-state index in [1.165, 1.54) is 24.3 Å². The van der Waals surface area contributed by atoms with Gasteiger partial charge in [-0.1, -0.05) is 29.8 Å². The minimum Gasteiger partial charge on any atom is -0.309 e. The summed E-state index contributed by atoms with van der Waals surface area (Å²) < 4.78 is 50.8. The molecular formula is C15H12ClF4N. The van der Waals surface area contributed by atoms with E-state index in [4.69, 9.17) is 11.6 Å². The van der Waals surface area contributed by atoms with E-state index in [2.05, 4.69) is 5.32 Å². The van der Waals surface area contributed by atoms with Crippen LogP contribution in [0.2, 0.25) is 5.02 Å². The molecule has 6 heteroatoms. The standard InChI is InChI=1S/C15H12ClF4N/c1-21-14(10-4-7-13(17)12(16)8-10)9-2-5-11(6-3-9)15(18,19)20/h2-8,14,21H,1H3. The molecule has 112 valence electrons. The van der Waals surface area contributed by atoms with Crippen molar-refractivity contribution in [1.29, 1.82) is 0 Å². The zero-order valence-corrected chi connectivity index (χ0v) is 11.8. The van der Waals surface area contributed by atoms with Crippen LogP contribution in [-0.4, -0.2) is 7.05 Å². The quantitative estimate of drug-likeness (QED) is 0.801. The van der Waals surface area contributed by atoms with Gasteiger partial charge in [-0.25, -0.2) is 4.39 Å². The molecule has 0 spiro atoms. The second kappa shape index (κ2) is 6.03. The fourth-order valence-electron chi connectivity index (χ4n) is 2.08. The fourth-order valence-corrected chi connectivity index (χ4v) is 2.27. The molecule has 2 aromatic carbocycles. The Morgan fingerprint density at radius 1 is 1.00 bits per heavy atom. The SMILES string of the molecule is CNC(c1ccc(C(F)(F)F)cc1)c1ccc(F)c(Cl)c1. The average Bonchev–Trinajstić information content (AvgIpc) is 2.43. The Morgan fingerprint density at radius 3 is 2.05 bits per heavy atom. The Morgan fingerprint density at radius 2 is 1.57 bits per heavy atom. The van der Waals surface area contributed by atoms with E-state index < -0.39 is 17.6 Å². The average molecular weight is 318 g/mol. The summed E-state index contributed by atoms with van der Waals surface area (Å²) >= 11 is 5.74. The first-order valence-corrected chi connectivity index (χ1v) is 6.50. The van der Waals surface area contributed by atoms with Crippen LogP contribution >= 0.6 is 11.6 Å². The number of nitrogens with one attached hydrogen (secondary N) is 1. The van der Waals surface area contributed by atoms with Crippen molar-refractivity contribution in [2.75, 3.05) is 7.05 Å². The molecule has 1 N–H and O–H groups in total. The molecule has 0 amide bonds. The highest BCUT2D eigenvalue weighted by atomic mass is 35.5. The Hall–Kier alpha value is -1.59. The van der Waals surface area contributed by atoms with Crippen LogP contribution in [0.3, 0.4) is 0 Å². The summed E-state index contributed by atoms with van der Waals surface area (Å²) in [6.45, 7) is 0. The maximum atomic E-state index is 13.2. The van der Waals surface area contributed by atoms with Crippen molar-refractivity contribution in [1.82, 2.24) is 5.32 Å².